The molecule has 13 rings (SSSR count). The molecule has 1 heterocycles. The highest BCUT2D eigenvalue weighted by Gasteiger charge is 2.46. The summed E-state index contributed by atoms with van der Waals surface area (Å²) in [5.74, 6) is 1.56. The lowest BCUT2D eigenvalue weighted by molar-refractivity contribution is 0.482. The lowest BCUT2D eigenvalue weighted by Crippen LogP contribution is -2.29. The topological polar surface area (TPSA) is 17.4 Å². The van der Waals surface area contributed by atoms with E-state index in [1.807, 2.05) is 30.3 Å². The van der Waals surface area contributed by atoms with Crippen molar-refractivity contribution in [2.45, 2.75) is 50.9 Å². The first kappa shape index (κ1) is 49.2. The average Bonchev–Trinajstić information content (AvgIpc) is 3.24. The van der Waals surface area contributed by atoms with Gasteiger partial charge in [-0.1, -0.05) is 223 Å². The molecule has 0 fully saturated rings. The molecule has 11 aromatic carbocycles. The van der Waals surface area contributed by atoms with Crippen LogP contribution in [-0.4, -0.2) is 4.57 Å². The lowest BCUT2D eigenvalue weighted by Gasteiger charge is -2.35. The SMILES string of the molecule is C=Cc1ccc(Oc2ccc(C3(c4ccc(C(C)(C)C)cc4)c4ccccc4-c4ccc(N(c5ccc(-c6ccc7c(c6)c6ccccc6n7-c6ccccc6)cc5)c5ccc(C(C)(C)c6ccccc6)cc5)cc43)cc2)cc1. The van der Waals surface area contributed by atoms with E-state index in [-0.39, 0.29) is 10.8 Å². The third kappa shape index (κ3) is 8.54. The maximum absolute atomic E-state index is 6.48. The highest BCUT2D eigenvalue weighted by atomic mass is 16.5. The van der Waals surface area contributed by atoms with E-state index in [0.717, 1.165) is 45.4 Å². The highest BCUT2D eigenvalue weighted by molar-refractivity contribution is 6.10. The number of nitrogens with zero attached hydrogens (tertiary/aromatic N) is 2. The number of anilines is 3. The van der Waals surface area contributed by atoms with Gasteiger partial charge in [-0.2, -0.15) is 0 Å². The number of para-hydroxylation sites is 2. The second-order valence-corrected chi connectivity index (χ2v) is 22.6. The van der Waals surface area contributed by atoms with Crippen molar-refractivity contribution < 1.29 is 4.74 Å². The van der Waals surface area contributed by atoms with Crippen molar-refractivity contribution in [3.63, 3.8) is 0 Å². The molecule has 3 nitrogen and oxygen atoms in total. The van der Waals surface area contributed by atoms with Gasteiger partial charge in [-0.3, -0.25) is 0 Å². The second-order valence-electron chi connectivity index (χ2n) is 22.6. The smallest absolute Gasteiger partial charge is 0.127 e. The van der Waals surface area contributed by atoms with E-state index in [4.69, 9.17) is 4.74 Å². The van der Waals surface area contributed by atoms with Gasteiger partial charge in [0.1, 0.15) is 11.5 Å². The standard InChI is InChI=1S/C76H62N2O/c1-7-52-26-44-64(45-27-52)79-65-46-37-59(38-47-65)76(58-33-31-55(32-34-58)74(2,3)4)70-24-16-14-22-66(70)67-48-43-63(51-71(67)76)77(62-41-35-57(36-42-62)75(5,6)56-18-10-8-11-19-56)61-39-28-53(29-40-61)54-30-49-73-69(50-54)68-23-15-17-25-72(68)78(73)60-20-12-9-13-21-60/h7-51H,1H2,2-6H3. The molecule has 12 aromatic rings. The Hall–Kier alpha value is -9.44. The fraction of sp³-hybridized carbons (Fsp3) is 0.105. The quantitative estimate of drug-likeness (QED) is 0.121. The molecule has 1 unspecified atom stereocenters. The zero-order valence-electron chi connectivity index (χ0n) is 45.5. The van der Waals surface area contributed by atoms with E-state index in [0.29, 0.717) is 0 Å². The van der Waals surface area contributed by atoms with Crippen molar-refractivity contribution >= 4 is 44.9 Å². The van der Waals surface area contributed by atoms with Gasteiger partial charge >= 0.3 is 0 Å². The lowest BCUT2D eigenvalue weighted by atomic mass is 9.67. The molecule has 382 valence electrons. The third-order valence-corrected chi connectivity index (χ3v) is 16.6. The molecule has 0 saturated heterocycles. The molecule has 1 aliphatic carbocycles. The van der Waals surface area contributed by atoms with Crippen LogP contribution in [0.2, 0.25) is 0 Å². The summed E-state index contributed by atoms with van der Waals surface area (Å²) in [6.07, 6.45) is 1.85. The molecule has 79 heavy (non-hydrogen) atoms. The van der Waals surface area contributed by atoms with Gasteiger partial charge in [-0.25, -0.2) is 0 Å². The minimum absolute atomic E-state index is 0.00927. The molecule has 0 saturated carbocycles. The molecule has 0 N–H and O–H groups in total. The van der Waals surface area contributed by atoms with Crippen LogP contribution in [0.15, 0.2) is 273 Å². The minimum atomic E-state index is -0.663. The zero-order valence-corrected chi connectivity index (χ0v) is 45.5. The largest absolute Gasteiger partial charge is 0.457 e. The summed E-state index contributed by atoms with van der Waals surface area (Å²) in [5, 5.41) is 2.47. The average molecular weight is 1020 g/mol. The van der Waals surface area contributed by atoms with Crippen molar-refractivity contribution in [2.24, 2.45) is 0 Å². The highest BCUT2D eigenvalue weighted by Crippen LogP contribution is 2.58. The summed E-state index contributed by atoms with van der Waals surface area (Å²) in [6.45, 7) is 15.4. The molecule has 1 aromatic heterocycles. The maximum atomic E-state index is 6.48. The Balaban J connectivity index is 0.965. The van der Waals surface area contributed by atoms with Crippen molar-refractivity contribution in [3.05, 3.63) is 318 Å². The Bertz CT molecular complexity index is 4180. The molecule has 0 spiro atoms. The summed E-state index contributed by atoms with van der Waals surface area (Å²) in [4.78, 5) is 2.44. The van der Waals surface area contributed by atoms with Crippen molar-refractivity contribution in [1.29, 1.82) is 0 Å². The van der Waals surface area contributed by atoms with Gasteiger partial charge in [-0.05, 0) is 163 Å². The first-order chi connectivity index (χ1) is 38.5. The van der Waals surface area contributed by atoms with E-state index in [2.05, 4.69) is 293 Å². The Morgan fingerprint density at radius 1 is 0.418 bits per heavy atom. The Kier molecular flexibility index (Phi) is 12.2. The maximum Gasteiger partial charge on any atom is 0.127 e. The van der Waals surface area contributed by atoms with Crippen LogP contribution in [0.4, 0.5) is 17.1 Å². The van der Waals surface area contributed by atoms with Crippen LogP contribution in [0.5, 0.6) is 11.5 Å². The molecular formula is C76H62N2O. The molecular weight excluding hydrogens is 957 g/mol. The fourth-order valence-electron chi connectivity index (χ4n) is 12.3. The Morgan fingerprint density at radius 2 is 0.937 bits per heavy atom. The number of hydrogen-bond donors (Lipinski definition) is 0. The van der Waals surface area contributed by atoms with Gasteiger partial charge in [0.2, 0.25) is 0 Å². The number of rotatable bonds is 12. The van der Waals surface area contributed by atoms with Gasteiger partial charge in [-0.15, -0.1) is 0 Å². The number of aromatic nitrogens is 1. The van der Waals surface area contributed by atoms with Crippen molar-refractivity contribution in [1.82, 2.24) is 4.57 Å². The number of benzene rings is 11. The van der Waals surface area contributed by atoms with E-state index in [9.17, 15) is 0 Å². The van der Waals surface area contributed by atoms with Gasteiger partial charge in [0.25, 0.3) is 0 Å². The fourth-order valence-corrected chi connectivity index (χ4v) is 12.3. The monoisotopic (exact) mass is 1020 g/mol. The van der Waals surface area contributed by atoms with Gasteiger partial charge in [0.05, 0.1) is 16.4 Å². The molecule has 0 bridgehead atoms. The van der Waals surface area contributed by atoms with E-state index < -0.39 is 5.41 Å². The third-order valence-electron chi connectivity index (χ3n) is 16.6. The van der Waals surface area contributed by atoms with Gasteiger partial charge < -0.3 is 14.2 Å². The van der Waals surface area contributed by atoms with Crippen molar-refractivity contribution in [2.75, 3.05) is 4.90 Å². The van der Waals surface area contributed by atoms with Crippen LogP contribution in [0, 0.1) is 0 Å². The molecule has 0 aliphatic heterocycles. The molecule has 1 aliphatic rings. The molecule has 0 radical (unpaired) electrons. The summed E-state index contributed by atoms with van der Waals surface area (Å²) in [5.41, 5.74) is 20.4. The predicted molar refractivity (Wildman–Crippen MR) is 332 cm³/mol. The Labute approximate surface area is 465 Å². The van der Waals surface area contributed by atoms with Crippen LogP contribution in [0.3, 0.4) is 0 Å². The van der Waals surface area contributed by atoms with Crippen LogP contribution in [0.1, 0.15) is 79.1 Å². The van der Waals surface area contributed by atoms with Gasteiger partial charge in [0.15, 0.2) is 0 Å². The van der Waals surface area contributed by atoms with Gasteiger partial charge in [0, 0.05) is 38.9 Å². The molecule has 3 heteroatoms. The second kappa shape index (κ2) is 19.5. The summed E-state index contributed by atoms with van der Waals surface area (Å²) in [6, 6.07) is 97.9. The van der Waals surface area contributed by atoms with Crippen molar-refractivity contribution in [3.8, 4) is 39.4 Å². The molecule has 0 amide bonds. The minimum Gasteiger partial charge on any atom is -0.457 e. The normalized spacial score (nSPS) is 14.0. The predicted octanol–water partition coefficient (Wildman–Crippen LogP) is 20.3. The number of hydrogen-bond acceptors (Lipinski definition) is 2. The van der Waals surface area contributed by atoms with Crippen LogP contribution >= 0.6 is 0 Å². The number of ether oxygens (including phenoxy) is 1. The van der Waals surface area contributed by atoms with Crippen LogP contribution in [0.25, 0.3) is 55.8 Å². The molecule has 1 atom stereocenters. The number of fused-ring (bicyclic) bond motifs is 6. The van der Waals surface area contributed by atoms with E-state index >= 15 is 0 Å². The van der Waals surface area contributed by atoms with Crippen LogP contribution in [-0.2, 0) is 16.2 Å². The summed E-state index contributed by atoms with van der Waals surface area (Å²) >= 11 is 0. The van der Waals surface area contributed by atoms with E-state index in [1.54, 1.807) is 0 Å². The first-order valence-corrected chi connectivity index (χ1v) is 27.5. The summed E-state index contributed by atoms with van der Waals surface area (Å²) < 4.78 is 8.85. The van der Waals surface area contributed by atoms with Crippen LogP contribution < -0.4 is 9.64 Å². The summed E-state index contributed by atoms with van der Waals surface area (Å²) in [7, 11) is 0. The Morgan fingerprint density at radius 3 is 1.61 bits per heavy atom. The zero-order chi connectivity index (χ0) is 53.9. The van der Waals surface area contributed by atoms with E-state index in [1.165, 1.54) is 77.4 Å². The first-order valence-electron chi connectivity index (χ1n) is 27.5.